The first-order chi connectivity index (χ1) is 0. The van der Waals surface area contributed by atoms with Crippen LogP contribution in [0.2, 0.25) is 0 Å². The van der Waals surface area contributed by atoms with Gasteiger partial charge in [-0.1, -0.05) is 0 Å². The summed E-state index contributed by atoms with van der Waals surface area (Å²) in [6.07, 6.45) is 0. The van der Waals surface area contributed by atoms with Gasteiger partial charge >= 0.3 is 0 Å². The summed E-state index contributed by atoms with van der Waals surface area (Å²) >= 11 is 0. The largest absolute Gasteiger partial charge is 0 e. The summed E-state index contributed by atoms with van der Waals surface area (Å²) in [6.45, 7) is 0. The summed E-state index contributed by atoms with van der Waals surface area (Å²) in [5.41, 5.74) is 0. The zero-order chi connectivity index (χ0) is 0. The molecule has 0 fully saturated rings. The first kappa shape index (κ1) is 36.5. The van der Waals surface area contributed by atoms with E-state index < -0.39 is 0 Å². The molecule has 0 rings (SSSR count). The topological polar surface area (TPSA) is 0 Å². The summed E-state index contributed by atoms with van der Waals surface area (Å²) in [4.78, 5) is 0. The van der Waals surface area contributed by atoms with Gasteiger partial charge in [0.2, 0.25) is 0 Å². The normalized spacial score (nSPS) is 0. The van der Waals surface area contributed by atoms with Crippen LogP contribution >= 0.6 is 0 Å². The molecule has 0 atom stereocenters. The quantitative estimate of drug-likeness (QED) is 0.471. The molecule has 0 aliphatic rings. The van der Waals surface area contributed by atoms with Crippen LogP contribution in [0.25, 0.3) is 0 Å². The molecule has 0 amide bonds. The van der Waals surface area contributed by atoms with Crippen molar-refractivity contribution in [2.75, 3.05) is 0 Å². The Kier molecular flexibility index (Phi) is 179. The summed E-state index contributed by atoms with van der Waals surface area (Å²) in [6, 6.07) is 0. The third-order valence-corrected chi connectivity index (χ3v) is 0. The van der Waals surface area contributed by atoms with Gasteiger partial charge in [-0.3, -0.25) is 0 Å². The van der Waals surface area contributed by atoms with Gasteiger partial charge in [0.05, 0.1) is 0 Å². The maximum atomic E-state index is 0. The van der Waals surface area contributed by atoms with Gasteiger partial charge in [-0.2, -0.15) is 0 Å². The Bertz CT molecular complexity index is 8.00. The van der Waals surface area contributed by atoms with Crippen molar-refractivity contribution < 1.29 is 50.6 Å². The zero-order valence-electron chi connectivity index (χ0n) is 1.57. The molecular formula is AlCuMnNi. The molecule has 0 spiro atoms. The molecule has 0 saturated heterocycles. The van der Waals surface area contributed by atoms with E-state index in [9.17, 15) is 0 Å². The molecule has 0 aromatic heterocycles. The molecule has 0 nitrogen and oxygen atoms in total. The predicted molar refractivity (Wildman–Crippen MR) is 5.75 cm³/mol. The minimum absolute atomic E-state index is 0. The fourth-order valence-corrected chi connectivity index (χ4v) is 0. The minimum Gasteiger partial charge on any atom is 0 e. The number of hydrogen-bond donors (Lipinski definition) is 0. The van der Waals surface area contributed by atoms with Crippen LogP contribution in [0, 0.1) is 0 Å². The second kappa shape index (κ2) is 19.6. The van der Waals surface area contributed by atoms with E-state index in [-0.39, 0.29) is 68.0 Å². The van der Waals surface area contributed by atoms with Crippen LogP contribution in [-0.4, -0.2) is 17.4 Å². The Labute approximate surface area is 67.5 Å². The first-order valence-electron chi connectivity index (χ1n) is 0. The Balaban J connectivity index is 0. The van der Waals surface area contributed by atoms with E-state index in [0.717, 1.165) is 0 Å². The van der Waals surface area contributed by atoms with Crippen molar-refractivity contribution in [3.63, 3.8) is 0 Å². The van der Waals surface area contributed by atoms with Crippen molar-refractivity contribution in [1.82, 2.24) is 0 Å². The summed E-state index contributed by atoms with van der Waals surface area (Å²) in [5.74, 6) is 0. The molecular weight excluding hydrogens is 204 g/mol. The van der Waals surface area contributed by atoms with Gasteiger partial charge in [-0.25, -0.2) is 0 Å². The van der Waals surface area contributed by atoms with E-state index in [4.69, 9.17) is 0 Å². The molecule has 31 valence electrons. The average molecular weight is 204 g/mol. The number of hydrogen-bond acceptors (Lipinski definition) is 0. The van der Waals surface area contributed by atoms with Gasteiger partial charge in [0, 0.05) is 68.0 Å². The average Bonchev–Trinajstić information content (AvgIpc) is 0. The first-order valence-corrected chi connectivity index (χ1v) is 0. The second-order valence-corrected chi connectivity index (χ2v) is 0. The van der Waals surface area contributed by atoms with Crippen molar-refractivity contribution in [1.29, 1.82) is 0 Å². The SMILES string of the molecule is [Al].[Cu].[Mn].[Ni]. The van der Waals surface area contributed by atoms with E-state index in [2.05, 4.69) is 0 Å². The smallest absolute Gasteiger partial charge is 0 e. The van der Waals surface area contributed by atoms with Crippen LogP contribution in [0.4, 0.5) is 0 Å². The Hall–Kier alpha value is 2.06. The Morgan fingerprint density at radius 2 is 1.00 bits per heavy atom. The third kappa shape index (κ3) is 8.96. The molecule has 0 unspecified atom stereocenters. The van der Waals surface area contributed by atoms with E-state index in [1.54, 1.807) is 0 Å². The summed E-state index contributed by atoms with van der Waals surface area (Å²) in [5, 5.41) is 0. The third-order valence-electron chi connectivity index (χ3n) is 0. The molecule has 4 heavy (non-hydrogen) atoms. The molecule has 0 aromatic carbocycles. The molecule has 5 radical (unpaired) electrons. The molecule has 0 N–H and O–H groups in total. The Morgan fingerprint density at radius 3 is 1.00 bits per heavy atom. The van der Waals surface area contributed by atoms with E-state index >= 15 is 0 Å². The van der Waals surface area contributed by atoms with Gasteiger partial charge in [-0.05, 0) is 0 Å². The molecule has 0 aromatic rings. The van der Waals surface area contributed by atoms with Gasteiger partial charge in [0.15, 0.2) is 0 Å². The van der Waals surface area contributed by atoms with Crippen molar-refractivity contribution in [2.24, 2.45) is 0 Å². The van der Waals surface area contributed by atoms with Crippen molar-refractivity contribution in [2.45, 2.75) is 0 Å². The standard InChI is InChI=1S/Al.Cu.Mn.Ni. The summed E-state index contributed by atoms with van der Waals surface area (Å²) < 4.78 is 0. The van der Waals surface area contributed by atoms with Crippen LogP contribution in [0.1, 0.15) is 0 Å². The van der Waals surface area contributed by atoms with Crippen LogP contribution in [0.15, 0.2) is 0 Å². The molecule has 0 aliphatic carbocycles. The molecule has 4 heteroatoms. The number of rotatable bonds is 0. The van der Waals surface area contributed by atoms with Crippen LogP contribution < -0.4 is 0 Å². The predicted octanol–water partition coefficient (Wildman–Crippen LogP) is -0.388. The Morgan fingerprint density at radius 1 is 1.00 bits per heavy atom. The van der Waals surface area contributed by atoms with Gasteiger partial charge in [0.25, 0.3) is 0 Å². The van der Waals surface area contributed by atoms with E-state index in [1.165, 1.54) is 0 Å². The monoisotopic (exact) mass is 203 g/mol. The maximum Gasteiger partial charge on any atom is 0 e. The molecule has 0 heterocycles. The fourth-order valence-electron chi connectivity index (χ4n) is 0. The van der Waals surface area contributed by atoms with Crippen molar-refractivity contribution in [3.05, 3.63) is 0 Å². The van der Waals surface area contributed by atoms with Gasteiger partial charge in [-0.15, -0.1) is 0 Å². The fraction of sp³-hybridized carbons (Fsp3) is 0. The van der Waals surface area contributed by atoms with E-state index in [1.807, 2.05) is 0 Å². The maximum absolute atomic E-state index is 0. The van der Waals surface area contributed by atoms with E-state index in [0.29, 0.717) is 0 Å². The molecule has 0 aliphatic heterocycles. The summed E-state index contributed by atoms with van der Waals surface area (Å²) in [7, 11) is 0. The molecule has 0 bridgehead atoms. The van der Waals surface area contributed by atoms with Crippen LogP contribution in [-0.2, 0) is 50.6 Å². The van der Waals surface area contributed by atoms with Crippen molar-refractivity contribution in [3.8, 4) is 0 Å². The van der Waals surface area contributed by atoms with Gasteiger partial charge < -0.3 is 0 Å². The van der Waals surface area contributed by atoms with Crippen LogP contribution in [0.5, 0.6) is 0 Å². The zero-order valence-corrected chi connectivity index (χ0v) is 5.84. The van der Waals surface area contributed by atoms with Crippen molar-refractivity contribution >= 4 is 17.4 Å². The molecule has 0 saturated carbocycles. The minimum atomic E-state index is 0. The van der Waals surface area contributed by atoms with Crippen LogP contribution in [0.3, 0.4) is 0 Å². The van der Waals surface area contributed by atoms with Gasteiger partial charge in [0.1, 0.15) is 0 Å². The second-order valence-electron chi connectivity index (χ2n) is 0.